The minimum atomic E-state index is -4.61. The Bertz CT molecular complexity index is 996. The summed E-state index contributed by atoms with van der Waals surface area (Å²) in [6.07, 6.45) is -4.61. The number of fused-ring (bicyclic) bond motifs is 1. The standard InChI is InChI=1S/C13H12BrF3N6OS/c1-4-25(24)11-8(19-12(14)23(11)3)10-18-6-5-7(13(15,16)17)20-21-9(6)22(10)2/h5H,4H2,1-3H3. The molecule has 25 heavy (non-hydrogen) atoms. The lowest BCUT2D eigenvalue weighted by Crippen LogP contribution is -2.09. The Morgan fingerprint density at radius 2 is 1.88 bits per heavy atom. The second kappa shape index (κ2) is 6.16. The third-order valence-electron chi connectivity index (χ3n) is 3.58. The largest absolute Gasteiger partial charge is 0.435 e. The first-order chi connectivity index (χ1) is 11.6. The molecular weight excluding hydrogens is 425 g/mol. The molecule has 0 aliphatic carbocycles. The van der Waals surface area contributed by atoms with Gasteiger partial charge in [0.15, 0.2) is 21.9 Å². The molecule has 0 spiro atoms. The normalized spacial score (nSPS) is 13.6. The van der Waals surface area contributed by atoms with Crippen molar-refractivity contribution in [3.05, 3.63) is 16.5 Å². The first kappa shape index (κ1) is 18.0. The molecule has 0 aliphatic rings. The third kappa shape index (κ3) is 2.97. The van der Waals surface area contributed by atoms with Crippen LogP contribution in [0.2, 0.25) is 0 Å². The molecule has 0 bridgehead atoms. The highest BCUT2D eigenvalue weighted by molar-refractivity contribution is 9.10. The van der Waals surface area contributed by atoms with Gasteiger partial charge in [-0.15, -0.1) is 10.2 Å². The highest BCUT2D eigenvalue weighted by atomic mass is 79.9. The van der Waals surface area contributed by atoms with Crippen LogP contribution >= 0.6 is 15.9 Å². The van der Waals surface area contributed by atoms with Gasteiger partial charge in [-0.2, -0.15) is 13.2 Å². The quantitative estimate of drug-likeness (QED) is 0.630. The van der Waals surface area contributed by atoms with Gasteiger partial charge in [-0.3, -0.25) is 4.21 Å². The van der Waals surface area contributed by atoms with Crippen LogP contribution in [-0.2, 0) is 31.1 Å². The van der Waals surface area contributed by atoms with Gasteiger partial charge in [0.05, 0.1) is 10.8 Å². The molecule has 0 aliphatic heterocycles. The zero-order chi connectivity index (χ0) is 18.5. The molecule has 12 heteroatoms. The second-order valence-electron chi connectivity index (χ2n) is 5.16. The Balaban J connectivity index is 2.25. The van der Waals surface area contributed by atoms with E-state index in [1.807, 2.05) is 0 Å². The molecule has 0 aromatic carbocycles. The summed E-state index contributed by atoms with van der Waals surface area (Å²) in [7, 11) is 1.94. The number of alkyl halides is 3. The summed E-state index contributed by atoms with van der Waals surface area (Å²) in [6.45, 7) is 1.76. The molecule has 0 saturated heterocycles. The Morgan fingerprint density at radius 3 is 2.48 bits per heavy atom. The maximum Gasteiger partial charge on any atom is 0.435 e. The van der Waals surface area contributed by atoms with Gasteiger partial charge >= 0.3 is 6.18 Å². The van der Waals surface area contributed by atoms with Crippen molar-refractivity contribution in [3.63, 3.8) is 0 Å². The van der Waals surface area contributed by atoms with Gasteiger partial charge < -0.3 is 9.13 Å². The van der Waals surface area contributed by atoms with E-state index in [0.29, 0.717) is 21.2 Å². The summed E-state index contributed by atoms with van der Waals surface area (Å²) >= 11 is 3.27. The van der Waals surface area contributed by atoms with Crippen molar-refractivity contribution >= 4 is 37.9 Å². The molecule has 134 valence electrons. The van der Waals surface area contributed by atoms with Gasteiger partial charge in [-0.1, -0.05) is 6.92 Å². The average Bonchev–Trinajstić information content (AvgIpc) is 3.03. The third-order valence-corrected chi connectivity index (χ3v) is 5.72. The van der Waals surface area contributed by atoms with Gasteiger partial charge in [-0.05, 0) is 15.9 Å². The first-order valence-electron chi connectivity index (χ1n) is 7.03. The van der Waals surface area contributed by atoms with Gasteiger partial charge in [0, 0.05) is 25.9 Å². The lowest BCUT2D eigenvalue weighted by molar-refractivity contribution is -0.141. The van der Waals surface area contributed by atoms with E-state index in [4.69, 9.17) is 0 Å². The maximum absolute atomic E-state index is 12.8. The molecule has 3 heterocycles. The first-order valence-corrected chi connectivity index (χ1v) is 9.14. The number of hydrogen-bond acceptors (Lipinski definition) is 5. The van der Waals surface area contributed by atoms with Crippen LogP contribution < -0.4 is 0 Å². The summed E-state index contributed by atoms with van der Waals surface area (Å²) in [5.74, 6) is 0.628. The minimum Gasteiger partial charge on any atom is -0.314 e. The molecule has 7 nitrogen and oxygen atoms in total. The summed E-state index contributed by atoms with van der Waals surface area (Å²) in [6, 6.07) is 0.834. The van der Waals surface area contributed by atoms with Crippen LogP contribution in [-0.4, -0.2) is 39.3 Å². The summed E-state index contributed by atoms with van der Waals surface area (Å²) in [4.78, 5) is 8.53. The summed E-state index contributed by atoms with van der Waals surface area (Å²) in [5, 5.41) is 7.26. The molecule has 0 N–H and O–H groups in total. The predicted octanol–water partition coefficient (Wildman–Crippen LogP) is 2.67. The molecule has 0 fully saturated rings. The molecular formula is C13H12BrF3N6OS. The molecule has 0 radical (unpaired) electrons. The average molecular weight is 437 g/mol. The number of imidazole rings is 2. The van der Waals surface area contributed by atoms with Gasteiger partial charge in [0.25, 0.3) is 0 Å². The second-order valence-corrected chi connectivity index (χ2v) is 7.52. The van der Waals surface area contributed by atoms with E-state index in [9.17, 15) is 17.4 Å². The van der Waals surface area contributed by atoms with Crippen LogP contribution in [0, 0.1) is 0 Å². The van der Waals surface area contributed by atoms with Crippen LogP contribution in [0.25, 0.3) is 22.7 Å². The van der Waals surface area contributed by atoms with Crippen molar-refractivity contribution < 1.29 is 17.4 Å². The molecule has 3 aromatic rings. The Kier molecular flexibility index (Phi) is 4.43. The predicted molar refractivity (Wildman–Crippen MR) is 88.2 cm³/mol. The highest BCUT2D eigenvalue weighted by Gasteiger charge is 2.34. The van der Waals surface area contributed by atoms with Crippen molar-refractivity contribution in [2.75, 3.05) is 5.75 Å². The molecule has 3 rings (SSSR count). The van der Waals surface area contributed by atoms with Crippen molar-refractivity contribution in [2.45, 2.75) is 18.1 Å². The fraction of sp³-hybridized carbons (Fsp3) is 0.385. The number of hydrogen-bond donors (Lipinski definition) is 0. The number of nitrogens with zero attached hydrogens (tertiary/aromatic N) is 6. The van der Waals surface area contributed by atoms with E-state index in [0.717, 1.165) is 6.07 Å². The lowest BCUT2D eigenvalue weighted by Gasteiger charge is -2.05. The Morgan fingerprint density at radius 1 is 1.20 bits per heavy atom. The fourth-order valence-corrected chi connectivity index (χ4v) is 3.83. The van der Waals surface area contributed by atoms with E-state index in [2.05, 4.69) is 36.1 Å². The minimum absolute atomic E-state index is 0.0369. The number of aryl methyl sites for hydroxylation is 1. The highest BCUT2D eigenvalue weighted by Crippen LogP contribution is 2.32. The van der Waals surface area contributed by atoms with E-state index in [1.165, 1.54) is 4.57 Å². The van der Waals surface area contributed by atoms with Crippen LogP contribution in [0.5, 0.6) is 0 Å². The van der Waals surface area contributed by atoms with Crippen LogP contribution in [0.15, 0.2) is 15.8 Å². The van der Waals surface area contributed by atoms with E-state index < -0.39 is 22.7 Å². The summed E-state index contributed by atoms with van der Waals surface area (Å²) < 4.78 is 54.4. The van der Waals surface area contributed by atoms with E-state index in [1.54, 1.807) is 25.6 Å². The van der Waals surface area contributed by atoms with Gasteiger partial charge in [0.2, 0.25) is 0 Å². The monoisotopic (exact) mass is 436 g/mol. The van der Waals surface area contributed by atoms with Crippen LogP contribution in [0.3, 0.4) is 0 Å². The van der Waals surface area contributed by atoms with Crippen molar-refractivity contribution in [3.8, 4) is 11.5 Å². The van der Waals surface area contributed by atoms with Crippen LogP contribution in [0.4, 0.5) is 13.2 Å². The zero-order valence-corrected chi connectivity index (χ0v) is 15.7. The van der Waals surface area contributed by atoms with Crippen molar-refractivity contribution in [2.24, 2.45) is 14.1 Å². The Hall–Kier alpha value is -1.82. The SMILES string of the molecule is CCS(=O)c1c(-c2nc3cc(C(F)(F)F)nnc3n2C)nc(Br)n1C. The smallest absolute Gasteiger partial charge is 0.314 e. The van der Waals surface area contributed by atoms with E-state index in [-0.39, 0.29) is 17.0 Å². The van der Waals surface area contributed by atoms with Crippen LogP contribution in [0.1, 0.15) is 12.6 Å². The molecule has 3 aromatic heterocycles. The molecule has 0 saturated carbocycles. The number of halogens is 4. The van der Waals surface area contributed by atoms with E-state index >= 15 is 0 Å². The topological polar surface area (TPSA) is 78.5 Å². The maximum atomic E-state index is 12.8. The number of aromatic nitrogens is 6. The fourth-order valence-electron chi connectivity index (χ4n) is 2.34. The van der Waals surface area contributed by atoms with Crippen molar-refractivity contribution in [1.82, 2.24) is 29.3 Å². The number of rotatable bonds is 3. The van der Waals surface area contributed by atoms with Gasteiger partial charge in [-0.25, -0.2) is 9.97 Å². The Labute approximate surface area is 150 Å². The summed E-state index contributed by atoms with van der Waals surface area (Å²) in [5.41, 5.74) is -0.583. The van der Waals surface area contributed by atoms with Gasteiger partial charge in [0.1, 0.15) is 16.2 Å². The lowest BCUT2D eigenvalue weighted by atomic mass is 10.3. The molecule has 1 unspecified atom stereocenters. The zero-order valence-electron chi connectivity index (χ0n) is 13.3. The molecule has 1 atom stereocenters. The molecule has 0 amide bonds. The van der Waals surface area contributed by atoms with Crippen molar-refractivity contribution in [1.29, 1.82) is 0 Å².